The molecular weight excluding hydrogens is 194 g/mol. The molecule has 0 radical (unpaired) electrons. The molecule has 0 heterocycles. The number of rotatable bonds is 5. The van der Waals surface area contributed by atoms with Crippen LogP contribution >= 0.6 is 0 Å². The zero-order chi connectivity index (χ0) is 12.2. The quantitative estimate of drug-likeness (QED) is 0.793. The van der Waals surface area contributed by atoms with E-state index in [4.69, 9.17) is 0 Å². The third-order valence-electron chi connectivity index (χ3n) is 3.37. The predicted molar refractivity (Wildman–Crippen MR) is 71.7 cm³/mol. The molecule has 0 fully saturated rings. The summed E-state index contributed by atoms with van der Waals surface area (Å²) in [6.45, 7) is 13.3. The molecule has 1 heteroatoms. The van der Waals surface area contributed by atoms with Gasteiger partial charge in [0.2, 0.25) is 0 Å². The summed E-state index contributed by atoms with van der Waals surface area (Å²) in [6.07, 6.45) is 1.22. The van der Waals surface area contributed by atoms with E-state index in [1.54, 1.807) is 0 Å². The van der Waals surface area contributed by atoms with Gasteiger partial charge in [0.25, 0.3) is 0 Å². The fourth-order valence-electron chi connectivity index (χ4n) is 1.70. The summed E-state index contributed by atoms with van der Waals surface area (Å²) in [7, 11) is 0. The Kier molecular flexibility index (Phi) is 4.55. The fraction of sp³-hybridized carbons (Fsp3) is 0.600. The second-order valence-corrected chi connectivity index (χ2v) is 5.55. The maximum Gasteiger partial charge on any atom is 0.0208 e. The molecule has 0 unspecified atom stereocenters. The van der Waals surface area contributed by atoms with Crippen LogP contribution in [0.15, 0.2) is 18.2 Å². The third kappa shape index (κ3) is 3.97. The normalized spacial score (nSPS) is 11.8. The minimum absolute atomic E-state index is 0.401. The van der Waals surface area contributed by atoms with E-state index in [9.17, 15) is 0 Å². The molecular formula is C15H25N. The predicted octanol–water partition coefficient (Wildman–Crippen LogP) is 3.83. The topological polar surface area (TPSA) is 12.0 Å². The first-order chi connectivity index (χ1) is 7.44. The lowest BCUT2D eigenvalue weighted by Crippen LogP contribution is -2.28. The Bertz CT molecular complexity index is 339. The summed E-state index contributed by atoms with van der Waals surface area (Å²) in [4.78, 5) is 0. The minimum Gasteiger partial charge on any atom is -0.312 e. The van der Waals surface area contributed by atoms with Crippen molar-refractivity contribution in [2.24, 2.45) is 5.41 Å². The Morgan fingerprint density at radius 3 is 2.44 bits per heavy atom. The van der Waals surface area contributed by atoms with Crippen molar-refractivity contribution in [1.29, 1.82) is 0 Å². The monoisotopic (exact) mass is 219 g/mol. The van der Waals surface area contributed by atoms with Crippen LogP contribution in [0.25, 0.3) is 0 Å². The van der Waals surface area contributed by atoms with E-state index in [1.807, 2.05) is 0 Å². The largest absolute Gasteiger partial charge is 0.312 e. The van der Waals surface area contributed by atoms with Crippen LogP contribution in [0.1, 0.15) is 43.9 Å². The van der Waals surface area contributed by atoms with Gasteiger partial charge >= 0.3 is 0 Å². The van der Waals surface area contributed by atoms with Gasteiger partial charge in [-0.25, -0.2) is 0 Å². The molecule has 0 saturated carbocycles. The average Bonchev–Trinajstić information content (AvgIpc) is 2.21. The van der Waals surface area contributed by atoms with Crippen molar-refractivity contribution in [2.45, 2.75) is 47.6 Å². The molecule has 0 aliphatic carbocycles. The highest BCUT2D eigenvalue weighted by Crippen LogP contribution is 2.18. The summed E-state index contributed by atoms with van der Waals surface area (Å²) < 4.78 is 0. The number of benzene rings is 1. The first kappa shape index (κ1) is 13.2. The van der Waals surface area contributed by atoms with Crippen molar-refractivity contribution in [1.82, 2.24) is 5.32 Å². The maximum absolute atomic E-state index is 3.55. The molecule has 0 amide bonds. The molecule has 1 rings (SSSR count). The molecule has 0 atom stereocenters. The summed E-state index contributed by atoms with van der Waals surface area (Å²) in [6, 6.07) is 6.67. The molecule has 90 valence electrons. The van der Waals surface area contributed by atoms with Crippen LogP contribution < -0.4 is 5.32 Å². The molecule has 1 aromatic rings. The molecule has 0 bridgehead atoms. The standard InChI is InChI=1S/C15H25N/c1-6-15(4,5)11-16-10-14-8-7-12(2)9-13(14)3/h7-9,16H,6,10-11H2,1-5H3. The number of aryl methyl sites for hydroxylation is 2. The van der Waals surface area contributed by atoms with Crippen LogP contribution in [-0.2, 0) is 6.54 Å². The molecule has 0 saturated heterocycles. The van der Waals surface area contributed by atoms with Gasteiger partial charge in [0.05, 0.1) is 0 Å². The van der Waals surface area contributed by atoms with Gasteiger partial charge in [-0.2, -0.15) is 0 Å². The van der Waals surface area contributed by atoms with Crippen LogP contribution in [0.3, 0.4) is 0 Å². The van der Waals surface area contributed by atoms with Crippen LogP contribution in [0, 0.1) is 19.3 Å². The SMILES string of the molecule is CCC(C)(C)CNCc1ccc(C)cc1C. The van der Waals surface area contributed by atoms with Gasteiger partial charge in [-0.1, -0.05) is 44.5 Å². The lowest BCUT2D eigenvalue weighted by molar-refractivity contribution is 0.327. The van der Waals surface area contributed by atoms with Crippen LogP contribution in [0.2, 0.25) is 0 Å². The van der Waals surface area contributed by atoms with Gasteiger partial charge in [0, 0.05) is 13.1 Å². The lowest BCUT2D eigenvalue weighted by Gasteiger charge is -2.23. The van der Waals surface area contributed by atoms with E-state index in [-0.39, 0.29) is 0 Å². The lowest BCUT2D eigenvalue weighted by atomic mass is 9.90. The molecule has 0 aliphatic heterocycles. The van der Waals surface area contributed by atoms with Gasteiger partial charge in [0.1, 0.15) is 0 Å². The first-order valence-corrected chi connectivity index (χ1v) is 6.21. The summed E-state index contributed by atoms with van der Waals surface area (Å²) in [5, 5.41) is 3.55. The second kappa shape index (κ2) is 5.49. The maximum atomic E-state index is 3.55. The van der Waals surface area contributed by atoms with E-state index in [0.29, 0.717) is 5.41 Å². The number of nitrogens with one attached hydrogen (secondary N) is 1. The van der Waals surface area contributed by atoms with Crippen molar-refractivity contribution >= 4 is 0 Å². The Balaban J connectivity index is 2.49. The Morgan fingerprint density at radius 2 is 1.88 bits per heavy atom. The number of hydrogen-bond donors (Lipinski definition) is 1. The van der Waals surface area contributed by atoms with Gasteiger partial charge in [-0.3, -0.25) is 0 Å². The van der Waals surface area contributed by atoms with E-state index >= 15 is 0 Å². The second-order valence-electron chi connectivity index (χ2n) is 5.55. The highest BCUT2D eigenvalue weighted by atomic mass is 14.9. The van der Waals surface area contributed by atoms with Crippen molar-refractivity contribution in [3.8, 4) is 0 Å². The molecule has 1 N–H and O–H groups in total. The Labute approximate surface area is 100 Å². The van der Waals surface area contributed by atoms with Crippen LogP contribution in [-0.4, -0.2) is 6.54 Å². The minimum atomic E-state index is 0.401. The van der Waals surface area contributed by atoms with Crippen molar-refractivity contribution in [3.05, 3.63) is 34.9 Å². The summed E-state index contributed by atoms with van der Waals surface area (Å²) in [5.74, 6) is 0. The highest BCUT2D eigenvalue weighted by molar-refractivity contribution is 5.30. The smallest absolute Gasteiger partial charge is 0.0208 e. The van der Waals surface area contributed by atoms with Gasteiger partial charge in [0.15, 0.2) is 0 Å². The van der Waals surface area contributed by atoms with Crippen molar-refractivity contribution in [3.63, 3.8) is 0 Å². The highest BCUT2D eigenvalue weighted by Gasteiger charge is 2.13. The van der Waals surface area contributed by atoms with Crippen LogP contribution in [0.4, 0.5) is 0 Å². The van der Waals surface area contributed by atoms with Crippen molar-refractivity contribution < 1.29 is 0 Å². The van der Waals surface area contributed by atoms with Gasteiger partial charge < -0.3 is 5.32 Å². The zero-order valence-corrected chi connectivity index (χ0v) is 11.4. The fourth-order valence-corrected chi connectivity index (χ4v) is 1.70. The van der Waals surface area contributed by atoms with Gasteiger partial charge in [-0.15, -0.1) is 0 Å². The Hall–Kier alpha value is -0.820. The summed E-state index contributed by atoms with van der Waals surface area (Å²) in [5.41, 5.74) is 4.55. The van der Waals surface area contributed by atoms with Crippen LogP contribution in [0.5, 0.6) is 0 Å². The molecule has 0 aromatic heterocycles. The van der Waals surface area contributed by atoms with Gasteiger partial charge in [-0.05, 0) is 36.8 Å². The third-order valence-corrected chi connectivity index (χ3v) is 3.37. The summed E-state index contributed by atoms with van der Waals surface area (Å²) >= 11 is 0. The van der Waals surface area contributed by atoms with E-state index in [0.717, 1.165) is 13.1 Å². The number of hydrogen-bond acceptors (Lipinski definition) is 1. The Morgan fingerprint density at radius 1 is 1.19 bits per heavy atom. The van der Waals surface area contributed by atoms with E-state index in [2.05, 4.69) is 58.1 Å². The van der Waals surface area contributed by atoms with E-state index in [1.165, 1.54) is 23.1 Å². The average molecular weight is 219 g/mol. The molecule has 0 aliphatic rings. The molecule has 0 spiro atoms. The molecule has 1 aromatic carbocycles. The van der Waals surface area contributed by atoms with E-state index < -0.39 is 0 Å². The van der Waals surface area contributed by atoms with Crippen molar-refractivity contribution in [2.75, 3.05) is 6.54 Å². The molecule has 16 heavy (non-hydrogen) atoms. The zero-order valence-electron chi connectivity index (χ0n) is 11.4. The molecule has 1 nitrogen and oxygen atoms in total. The first-order valence-electron chi connectivity index (χ1n) is 6.21.